The summed E-state index contributed by atoms with van der Waals surface area (Å²) in [6.45, 7) is 5.28. The molecule has 2 aromatic rings. The minimum Gasteiger partial charge on any atom is -0.495 e. The lowest BCUT2D eigenvalue weighted by molar-refractivity contribution is -0.123. The third-order valence-corrected chi connectivity index (χ3v) is 5.16. The van der Waals surface area contributed by atoms with E-state index in [4.69, 9.17) is 9.84 Å². The van der Waals surface area contributed by atoms with Crippen LogP contribution in [0.4, 0.5) is 11.4 Å². The quantitative estimate of drug-likeness (QED) is 0.677. The highest BCUT2D eigenvalue weighted by Crippen LogP contribution is 2.28. The number of carbonyl (C=O) groups excluding carboxylic acids is 1. The van der Waals surface area contributed by atoms with Gasteiger partial charge in [0, 0.05) is 11.1 Å². The van der Waals surface area contributed by atoms with Crippen LogP contribution in [0.15, 0.2) is 47.4 Å². The Balaban J connectivity index is 2.35. The minimum absolute atomic E-state index is 0.00897. The molecule has 0 atom stereocenters. The van der Waals surface area contributed by atoms with Crippen molar-refractivity contribution >= 4 is 33.3 Å². The van der Waals surface area contributed by atoms with Crippen LogP contribution < -0.4 is 14.8 Å². The maximum absolute atomic E-state index is 12.8. The fraction of sp³-hybridized carbons (Fsp3) is 0.263. The summed E-state index contributed by atoms with van der Waals surface area (Å²) in [5.74, 6) is -1.47. The number of aromatic carboxylic acids is 1. The molecule has 0 aliphatic rings. The lowest BCUT2D eigenvalue weighted by Gasteiger charge is -2.18. The van der Waals surface area contributed by atoms with Crippen molar-refractivity contribution in [1.29, 1.82) is 0 Å². The standard InChI is InChI=1S/C19H22N2O6S/c1-19(2,3)18(24)20-13-6-5-7-14(11-13)21-28(25,26)16-10-12(17(22)23)8-9-15(16)27-4/h5-11,21H,1-4H3,(H,20,24)(H,22,23). The summed E-state index contributed by atoms with van der Waals surface area (Å²) < 4.78 is 33.0. The van der Waals surface area contributed by atoms with Gasteiger partial charge in [-0.05, 0) is 36.4 Å². The van der Waals surface area contributed by atoms with Crippen LogP contribution in [0.25, 0.3) is 0 Å². The predicted molar refractivity (Wildman–Crippen MR) is 105 cm³/mol. The highest BCUT2D eigenvalue weighted by Gasteiger charge is 2.23. The Morgan fingerprint density at radius 2 is 1.68 bits per heavy atom. The Hall–Kier alpha value is -3.07. The van der Waals surface area contributed by atoms with Gasteiger partial charge in [0.25, 0.3) is 10.0 Å². The monoisotopic (exact) mass is 406 g/mol. The first kappa shape index (κ1) is 21.2. The third kappa shape index (κ3) is 5.01. The molecular formula is C19H22N2O6S. The van der Waals surface area contributed by atoms with E-state index in [2.05, 4.69) is 10.0 Å². The number of carbonyl (C=O) groups is 2. The minimum atomic E-state index is -4.14. The Kier molecular flexibility index (Phi) is 5.98. The van der Waals surface area contributed by atoms with E-state index >= 15 is 0 Å². The fourth-order valence-electron chi connectivity index (χ4n) is 2.21. The first-order chi connectivity index (χ1) is 12.9. The molecule has 150 valence electrons. The maximum atomic E-state index is 12.8. The molecule has 0 aliphatic carbocycles. The molecular weight excluding hydrogens is 384 g/mol. The van der Waals surface area contributed by atoms with Gasteiger partial charge in [0.1, 0.15) is 10.6 Å². The van der Waals surface area contributed by atoms with E-state index in [-0.39, 0.29) is 27.8 Å². The first-order valence-electron chi connectivity index (χ1n) is 8.30. The number of rotatable bonds is 6. The van der Waals surface area contributed by atoms with Crippen LogP contribution in [0.1, 0.15) is 31.1 Å². The Labute approximate surface area is 163 Å². The molecule has 0 aliphatic heterocycles. The molecule has 0 spiro atoms. The molecule has 9 heteroatoms. The van der Waals surface area contributed by atoms with Gasteiger partial charge in [-0.25, -0.2) is 13.2 Å². The zero-order chi connectivity index (χ0) is 21.1. The summed E-state index contributed by atoms with van der Waals surface area (Å²) in [5.41, 5.74) is -0.173. The van der Waals surface area contributed by atoms with Gasteiger partial charge >= 0.3 is 5.97 Å². The van der Waals surface area contributed by atoms with Crippen LogP contribution in [-0.2, 0) is 14.8 Å². The molecule has 0 bridgehead atoms. The van der Waals surface area contributed by atoms with Gasteiger partial charge in [-0.3, -0.25) is 9.52 Å². The van der Waals surface area contributed by atoms with Crippen LogP contribution >= 0.6 is 0 Å². The van der Waals surface area contributed by atoms with Crippen LogP contribution in [0, 0.1) is 5.41 Å². The van der Waals surface area contributed by atoms with E-state index in [1.807, 2.05) is 0 Å². The topological polar surface area (TPSA) is 122 Å². The number of ether oxygens (including phenoxy) is 1. The average Bonchev–Trinajstić information content (AvgIpc) is 2.60. The van der Waals surface area contributed by atoms with Crippen molar-refractivity contribution in [1.82, 2.24) is 0 Å². The van der Waals surface area contributed by atoms with Gasteiger partial charge in [0.15, 0.2) is 0 Å². The zero-order valence-corrected chi connectivity index (χ0v) is 16.8. The average molecular weight is 406 g/mol. The number of hydrogen-bond acceptors (Lipinski definition) is 5. The normalized spacial score (nSPS) is 11.6. The number of nitrogens with one attached hydrogen (secondary N) is 2. The molecule has 3 N–H and O–H groups in total. The zero-order valence-electron chi connectivity index (χ0n) is 15.9. The SMILES string of the molecule is COc1ccc(C(=O)O)cc1S(=O)(=O)Nc1cccc(NC(=O)C(C)(C)C)c1. The number of benzene rings is 2. The van der Waals surface area contributed by atoms with Crippen molar-refractivity contribution < 1.29 is 27.9 Å². The summed E-state index contributed by atoms with van der Waals surface area (Å²) in [7, 11) is -2.85. The van der Waals surface area contributed by atoms with Crippen molar-refractivity contribution in [2.75, 3.05) is 17.1 Å². The molecule has 1 amide bonds. The summed E-state index contributed by atoms with van der Waals surface area (Å²) in [6, 6.07) is 9.75. The second-order valence-electron chi connectivity index (χ2n) is 7.06. The highest BCUT2D eigenvalue weighted by atomic mass is 32.2. The molecule has 0 aromatic heterocycles. The number of amides is 1. The van der Waals surface area contributed by atoms with Gasteiger partial charge in [-0.15, -0.1) is 0 Å². The lowest BCUT2D eigenvalue weighted by atomic mass is 9.95. The number of hydrogen-bond donors (Lipinski definition) is 3. The van der Waals surface area contributed by atoms with Crippen molar-refractivity contribution in [3.63, 3.8) is 0 Å². The number of carboxylic acid groups (broad SMARTS) is 1. The van der Waals surface area contributed by atoms with Crippen LogP contribution in [-0.4, -0.2) is 32.5 Å². The van der Waals surface area contributed by atoms with E-state index in [0.29, 0.717) is 5.69 Å². The van der Waals surface area contributed by atoms with Crippen LogP contribution in [0.3, 0.4) is 0 Å². The third-order valence-electron chi connectivity index (χ3n) is 3.75. The van der Waals surface area contributed by atoms with E-state index in [1.165, 1.54) is 31.4 Å². The van der Waals surface area contributed by atoms with Crippen molar-refractivity contribution in [3.8, 4) is 5.75 Å². The van der Waals surface area contributed by atoms with Crippen molar-refractivity contribution in [2.24, 2.45) is 5.41 Å². The molecule has 8 nitrogen and oxygen atoms in total. The highest BCUT2D eigenvalue weighted by molar-refractivity contribution is 7.92. The van der Waals surface area contributed by atoms with Gasteiger partial charge in [-0.2, -0.15) is 0 Å². The largest absolute Gasteiger partial charge is 0.495 e. The first-order valence-corrected chi connectivity index (χ1v) is 9.78. The van der Waals surface area contributed by atoms with Crippen LogP contribution in [0.5, 0.6) is 5.75 Å². The van der Waals surface area contributed by atoms with E-state index < -0.39 is 21.4 Å². The molecule has 0 saturated heterocycles. The molecule has 0 fully saturated rings. The van der Waals surface area contributed by atoms with E-state index in [1.54, 1.807) is 32.9 Å². The smallest absolute Gasteiger partial charge is 0.335 e. The van der Waals surface area contributed by atoms with Crippen LogP contribution in [0.2, 0.25) is 0 Å². The molecule has 0 unspecified atom stereocenters. The fourth-order valence-corrected chi connectivity index (χ4v) is 3.45. The number of methoxy groups -OCH3 is 1. The van der Waals surface area contributed by atoms with Gasteiger partial charge in [-0.1, -0.05) is 26.8 Å². The number of anilines is 2. The lowest BCUT2D eigenvalue weighted by Crippen LogP contribution is -2.27. The van der Waals surface area contributed by atoms with Gasteiger partial charge < -0.3 is 15.2 Å². The Morgan fingerprint density at radius 1 is 1.04 bits per heavy atom. The van der Waals surface area contributed by atoms with Gasteiger partial charge in [0.2, 0.25) is 5.91 Å². The molecule has 0 heterocycles. The van der Waals surface area contributed by atoms with E-state index in [0.717, 1.165) is 6.07 Å². The molecule has 2 rings (SSSR count). The second-order valence-corrected chi connectivity index (χ2v) is 8.71. The Morgan fingerprint density at radius 3 is 2.25 bits per heavy atom. The van der Waals surface area contributed by atoms with Crippen molar-refractivity contribution in [3.05, 3.63) is 48.0 Å². The summed E-state index contributed by atoms with van der Waals surface area (Å²) >= 11 is 0. The maximum Gasteiger partial charge on any atom is 0.335 e. The summed E-state index contributed by atoms with van der Waals surface area (Å²) in [6.07, 6.45) is 0. The number of carboxylic acids is 1. The predicted octanol–water partition coefficient (Wildman–Crippen LogP) is 3.18. The number of sulfonamides is 1. The Bertz CT molecular complexity index is 1010. The molecule has 0 saturated carbocycles. The second kappa shape index (κ2) is 7.89. The van der Waals surface area contributed by atoms with Gasteiger partial charge in [0.05, 0.1) is 18.4 Å². The molecule has 28 heavy (non-hydrogen) atoms. The van der Waals surface area contributed by atoms with E-state index in [9.17, 15) is 18.0 Å². The molecule has 0 radical (unpaired) electrons. The summed E-state index contributed by atoms with van der Waals surface area (Å²) in [4.78, 5) is 23.0. The summed E-state index contributed by atoms with van der Waals surface area (Å²) in [5, 5.41) is 11.8. The molecule has 2 aromatic carbocycles. The van der Waals surface area contributed by atoms with Crippen molar-refractivity contribution in [2.45, 2.75) is 25.7 Å².